The van der Waals surface area contributed by atoms with Gasteiger partial charge in [0, 0.05) is 12.5 Å². The fraction of sp³-hybridized carbons (Fsp3) is 0.529. The van der Waals surface area contributed by atoms with Gasteiger partial charge in [0.15, 0.2) is 5.82 Å². The van der Waals surface area contributed by atoms with Gasteiger partial charge in [-0.25, -0.2) is 8.42 Å². The predicted molar refractivity (Wildman–Crippen MR) is 94.1 cm³/mol. The lowest BCUT2D eigenvalue weighted by atomic mass is 10.1. The fourth-order valence-electron chi connectivity index (χ4n) is 2.35. The quantitative estimate of drug-likeness (QED) is 0.748. The number of hydrogen-bond donors (Lipinski definition) is 0. The van der Waals surface area contributed by atoms with Crippen molar-refractivity contribution in [1.29, 1.82) is 0 Å². The molecule has 0 aliphatic carbocycles. The minimum Gasteiger partial charge on any atom is -0.495 e. The maximum atomic E-state index is 13.1. The first-order valence-corrected chi connectivity index (χ1v) is 9.62. The predicted octanol–water partition coefficient (Wildman–Crippen LogP) is 3.03. The maximum absolute atomic E-state index is 13.1. The number of ether oxygens (including phenoxy) is 1. The van der Waals surface area contributed by atoms with Crippen molar-refractivity contribution in [3.05, 3.63) is 35.0 Å². The van der Waals surface area contributed by atoms with Gasteiger partial charge < -0.3 is 9.26 Å². The molecule has 8 heteroatoms. The van der Waals surface area contributed by atoms with E-state index in [1.54, 1.807) is 19.1 Å². The van der Waals surface area contributed by atoms with E-state index in [-0.39, 0.29) is 29.8 Å². The highest BCUT2D eigenvalue weighted by molar-refractivity contribution is 7.89. The molecular formula is C17H25N3O4S. The molecule has 1 aromatic carbocycles. The van der Waals surface area contributed by atoms with Gasteiger partial charge in [0.05, 0.1) is 13.7 Å². The average molecular weight is 367 g/mol. The Morgan fingerprint density at radius 2 is 1.88 bits per heavy atom. The van der Waals surface area contributed by atoms with Gasteiger partial charge in [-0.3, -0.25) is 0 Å². The van der Waals surface area contributed by atoms with Gasteiger partial charge in [0.1, 0.15) is 10.6 Å². The summed E-state index contributed by atoms with van der Waals surface area (Å²) in [4.78, 5) is 4.41. The third-order valence-corrected chi connectivity index (χ3v) is 6.00. The van der Waals surface area contributed by atoms with E-state index in [4.69, 9.17) is 9.26 Å². The van der Waals surface area contributed by atoms with Crippen LogP contribution in [-0.4, -0.2) is 36.5 Å². The number of sulfonamides is 1. The summed E-state index contributed by atoms with van der Waals surface area (Å²) in [7, 11) is -2.30. The second-order valence-electron chi connectivity index (χ2n) is 6.22. The molecule has 25 heavy (non-hydrogen) atoms. The number of benzene rings is 1. The Morgan fingerprint density at radius 1 is 1.24 bits per heavy atom. The number of rotatable bonds is 7. The van der Waals surface area contributed by atoms with Gasteiger partial charge in [0.25, 0.3) is 0 Å². The van der Waals surface area contributed by atoms with Crippen LogP contribution in [0.25, 0.3) is 0 Å². The standard InChI is InChI=1S/C17H25N3O4S/c1-7-20(10-16-18-17(11(2)3)19-24-16)25(21,22)15-9-13(5)12(4)8-14(15)23-6/h8-9,11H,7,10H2,1-6H3. The Labute approximate surface area is 149 Å². The molecule has 1 heterocycles. The molecule has 0 saturated heterocycles. The Hall–Kier alpha value is -1.93. The number of aryl methyl sites for hydroxylation is 2. The molecule has 0 fully saturated rings. The van der Waals surface area contributed by atoms with Crippen LogP contribution >= 0.6 is 0 Å². The van der Waals surface area contributed by atoms with Crippen LogP contribution in [-0.2, 0) is 16.6 Å². The summed E-state index contributed by atoms with van der Waals surface area (Å²) in [6.07, 6.45) is 0. The molecule has 0 bridgehead atoms. The van der Waals surface area contributed by atoms with Crippen LogP contribution in [0.1, 0.15) is 49.5 Å². The summed E-state index contributed by atoms with van der Waals surface area (Å²) in [5.41, 5.74) is 1.85. The number of methoxy groups -OCH3 is 1. The molecule has 0 radical (unpaired) electrons. The SMILES string of the molecule is CCN(Cc1nc(C(C)C)no1)S(=O)(=O)c1cc(C)c(C)cc1OC. The molecule has 2 aromatic rings. The van der Waals surface area contributed by atoms with Crippen LogP contribution in [0.2, 0.25) is 0 Å². The Kier molecular flexibility index (Phi) is 5.84. The Balaban J connectivity index is 2.40. The molecule has 7 nitrogen and oxygen atoms in total. The van der Waals surface area contributed by atoms with Crippen molar-refractivity contribution < 1.29 is 17.7 Å². The zero-order valence-corrected chi connectivity index (χ0v) is 16.3. The fourth-order valence-corrected chi connectivity index (χ4v) is 3.97. The van der Waals surface area contributed by atoms with Crippen molar-refractivity contribution in [2.75, 3.05) is 13.7 Å². The van der Waals surface area contributed by atoms with E-state index >= 15 is 0 Å². The van der Waals surface area contributed by atoms with Crippen LogP contribution in [0.15, 0.2) is 21.6 Å². The molecule has 0 saturated carbocycles. The highest BCUT2D eigenvalue weighted by Crippen LogP contribution is 2.30. The lowest BCUT2D eigenvalue weighted by molar-refractivity contribution is 0.317. The first kappa shape index (κ1) is 19.4. The van der Waals surface area contributed by atoms with Gasteiger partial charge in [-0.1, -0.05) is 25.9 Å². The second kappa shape index (κ2) is 7.53. The normalized spacial score (nSPS) is 12.2. The monoisotopic (exact) mass is 367 g/mol. The van der Waals surface area contributed by atoms with Crippen molar-refractivity contribution in [2.45, 2.75) is 52.0 Å². The third-order valence-electron chi connectivity index (χ3n) is 4.06. The maximum Gasteiger partial charge on any atom is 0.247 e. The van der Waals surface area contributed by atoms with Crippen molar-refractivity contribution in [2.24, 2.45) is 0 Å². The van der Waals surface area contributed by atoms with Crippen molar-refractivity contribution in [3.8, 4) is 5.75 Å². The summed E-state index contributed by atoms with van der Waals surface area (Å²) in [5, 5.41) is 3.88. The molecule has 0 unspecified atom stereocenters. The van der Waals surface area contributed by atoms with Gasteiger partial charge in [-0.2, -0.15) is 9.29 Å². The summed E-state index contributed by atoms with van der Waals surface area (Å²) in [6.45, 7) is 9.75. The molecule has 0 N–H and O–H groups in total. The summed E-state index contributed by atoms with van der Waals surface area (Å²) < 4.78 is 38.0. The van der Waals surface area contributed by atoms with Crippen molar-refractivity contribution >= 4 is 10.0 Å². The molecule has 0 aliphatic heterocycles. The third kappa shape index (κ3) is 4.01. The number of hydrogen-bond acceptors (Lipinski definition) is 6. The zero-order valence-electron chi connectivity index (χ0n) is 15.5. The summed E-state index contributed by atoms with van der Waals surface area (Å²) in [6, 6.07) is 3.37. The zero-order chi connectivity index (χ0) is 18.8. The highest BCUT2D eigenvalue weighted by Gasteiger charge is 2.29. The van der Waals surface area contributed by atoms with Crippen molar-refractivity contribution in [3.63, 3.8) is 0 Å². The van der Waals surface area contributed by atoms with E-state index in [2.05, 4.69) is 10.1 Å². The van der Waals surface area contributed by atoms with Crippen LogP contribution < -0.4 is 4.74 Å². The second-order valence-corrected chi connectivity index (χ2v) is 8.13. The summed E-state index contributed by atoms with van der Waals surface area (Å²) >= 11 is 0. The molecule has 0 amide bonds. The van der Waals surface area contributed by atoms with Gasteiger partial charge >= 0.3 is 0 Å². The lowest BCUT2D eigenvalue weighted by Crippen LogP contribution is -2.31. The minimum atomic E-state index is -3.76. The summed E-state index contributed by atoms with van der Waals surface area (Å²) in [5.74, 6) is 1.28. The van der Waals surface area contributed by atoms with E-state index in [1.807, 2.05) is 27.7 Å². The first-order chi connectivity index (χ1) is 11.7. The van der Waals surface area contributed by atoms with Gasteiger partial charge in [-0.05, 0) is 37.1 Å². The van der Waals surface area contributed by atoms with Crippen LogP contribution in [0.3, 0.4) is 0 Å². The molecular weight excluding hydrogens is 342 g/mol. The Bertz CT molecular complexity index is 844. The molecule has 0 aliphatic rings. The molecule has 0 atom stereocenters. The van der Waals surface area contributed by atoms with Crippen molar-refractivity contribution in [1.82, 2.24) is 14.4 Å². The van der Waals surface area contributed by atoms with Gasteiger partial charge in [-0.15, -0.1) is 0 Å². The van der Waals surface area contributed by atoms with E-state index in [9.17, 15) is 8.42 Å². The van der Waals surface area contributed by atoms with Crippen LogP contribution in [0.5, 0.6) is 5.75 Å². The smallest absolute Gasteiger partial charge is 0.247 e. The topological polar surface area (TPSA) is 85.5 Å². The number of nitrogens with zero attached hydrogens (tertiary/aromatic N) is 3. The highest BCUT2D eigenvalue weighted by atomic mass is 32.2. The largest absolute Gasteiger partial charge is 0.495 e. The van der Waals surface area contributed by atoms with Gasteiger partial charge in [0.2, 0.25) is 15.9 Å². The van der Waals surface area contributed by atoms with E-state index in [0.717, 1.165) is 11.1 Å². The van der Waals surface area contributed by atoms with Crippen LogP contribution in [0.4, 0.5) is 0 Å². The molecule has 0 spiro atoms. The molecule has 138 valence electrons. The first-order valence-electron chi connectivity index (χ1n) is 8.18. The number of aromatic nitrogens is 2. The van der Waals surface area contributed by atoms with E-state index < -0.39 is 10.0 Å². The average Bonchev–Trinajstić information content (AvgIpc) is 3.03. The van der Waals surface area contributed by atoms with E-state index in [1.165, 1.54) is 11.4 Å². The van der Waals surface area contributed by atoms with E-state index in [0.29, 0.717) is 11.6 Å². The molecule has 2 rings (SSSR count). The minimum absolute atomic E-state index is 0.0225. The Morgan fingerprint density at radius 3 is 2.40 bits per heavy atom. The molecule has 1 aromatic heterocycles. The van der Waals surface area contributed by atoms with Crippen LogP contribution in [0, 0.1) is 13.8 Å². The lowest BCUT2D eigenvalue weighted by Gasteiger charge is -2.21.